The monoisotopic (exact) mass is 205 g/mol. The molecule has 0 spiro atoms. The third-order valence-electron chi connectivity index (χ3n) is 2.24. The Morgan fingerprint density at radius 1 is 1.47 bits per heavy atom. The average molecular weight is 205 g/mol. The van der Waals surface area contributed by atoms with Crippen LogP contribution in [0.25, 0.3) is 11.0 Å². The van der Waals surface area contributed by atoms with E-state index in [0.29, 0.717) is 5.52 Å². The van der Waals surface area contributed by atoms with E-state index < -0.39 is 5.97 Å². The second-order valence-electron chi connectivity index (χ2n) is 3.61. The number of rotatable bonds is 2. The van der Waals surface area contributed by atoms with E-state index in [2.05, 4.69) is 9.97 Å². The third kappa shape index (κ3) is 1.56. The highest BCUT2D eigenvalue weighted by Gasteiger charge is 2.10. The van der Waals surface area contributed by atoms with Crippen LogP contribution >= 0.6 is 0 Å². The molecule has 0 unspecified atom stereocenters. The van der Waals surface area contributed by atoms with Crippen molar-refractivity contribution in [1.82, 2.24) is 14.5 Å². The van der Waals surface area contributed by atoms with Crippen molar-refractivity contribution >= 4 is 17.0 Å². The SMILES string of the molecule is CC(C)n1cnc2cc(C(=O)O)ncc21. The molecule has 0 aliphatic carbocycles. The van der Waals surface area contributed by atoms with Gasteiger partial charge in [0.2, 0.25) is 0 Å². The van der Waals surface area contributed by atoms with Gasteiger partial charge in [-0.05, 0) is 19.9 Å². The molecule has 2 rings (SSSR count). The first-order valence-electron chi connectivity index (χ1n) is 4.65. The van der Waals surface area contributed by atoms with Crippen molar-refractivity contribution < 1.29 is 9.90 Å². The lowest BCUT2D eigenvalue weighted by Crippen LogP contribution is -2.01. The number of carboxylic acids is 1. The molecule has 0 aromatic carbocycles. The number of aromatic nitrogens is 3. The number of carboxylic acid groups (broad SMARTS) is 1. The molecule has 0 saturated heterocycles. The van der Waals surface area contributed by atoms with Crippen LogP contribution < -0.4 is 0 Å². The molecule has 0 amide bonds. The summed E-state index contributed by atoms with van der Waals surface area (Å²) in [7, 11) is 0. The third-order valence-corrected chi connectivity index (χ3v) is 2.24. The second kappa shape index (κ2) is 3.34. The van der Waals surface area contributed by atoms with E-state index in [-0.39, 0.29) is 11.7 Å². The van der Waals surface area contributed by atoms with E-state index in [1.165, 1.54) is 6.07 Å². The molecule has 2 aromatic heterocycles. The number of nitrogens with zero attached hydrogens (tertiary/aromatic N) is 3. The molecule has 15 heavy (non-hydrogen) atoms. The van der Waals surface area contributed by atoms with Crippen LogP contribution in [0.5, 0.6) is 0 Å². The van der Waals surface area contributed by atoms with E-state index in [0.717, 1.165) is 5.52 Å². The van der Waals surface area contributed by atoms with Gasteiger partial charge >= 0.3 is 5.97 Å². The lowest BCUT2D eigenvalue weighted by molar-refractivity contribution is 0.0690. The zero-order valence-electron chi connectivity index (χ0n) is 8.51. The van der Waals surface area contributed by atoms with Crippen molar-refractivity contribution in [1.29, 1.82) is 0 Å². The summed E-state index contributed by atoms with van der Waals surface area (Å²) in [5.74, 6) is -1.03. The Kier molecular flexibility index (Phi) is 2.15. The topological polar surface area (TPSA) is 68.0 Å². The van der Waals surface area contributed by atoms with Gasteiger partial charge in [0.15, 0.2) is 0 Å². The fraction of sp³-hybridized carbons (Fsp3) is 0.300. The number of aromatic carboxylic acids is 1. The first-order valence-corrected chi connectivity index (χ1v) is 4.65. The first kappa shape index (κ1) is 9.64. The molecular formula is C10H11N3O2. The maximum absolute atomic E-state index is 10.7. The van der Waals surface area contributed by atoms with Gasteiger partial charge in [-0.15, -0.1) is 0 Å². The second-order valence-corrected chi connectivity index (χ2v) is 3.61. The summed E-state index contributed by atoms with van der Waals surface area (Å²) >= 11 is 0. The van der Waals surface area contributed by atoms with Crippen LogP contribution in [0.15, 0.2) is 18.6 Å². The van der Waals surface area contributed by atoms with Crippen molar-refractivity contribution in [2.75, 3.05) is 0 Å². The Labute approximate surface area is 86.4 Å². The summed E-state index contributed by atoms with van der Waals surface area (Å²) < 4.78 is 1.95. The molecule has 0 saturated carbocycles. The summed E-state index contributed by atoms with van der Waals surface area (Å²) in [6, 6.07) is 1.77. The lowest BCUT2D eigenvalue weighted by atomic mass is 10.3. The highest BCUT2D eigenvalue weighted by atomic mass is 16.4. The molecular weight excluding hydrogens is 194 g/mol. The number of hydrogen-bond donors (Lipinski definition) is 1. The van der Waals surface area contributed by atoms with Crippen LogP contribution in [0.2, 0.25) is 0 Å². The summed E-state index contributed by atoms with van der Waals surface area (Å²) in [6.45, 7) is 4.07. The molecule has 0 bridgehead atoms. The quantitative estimate of drug-likeness (QED) is 0.810. The maximum atomic E-state index is 10.7. The van der Waals surface area contributed by atoms with Crippen molar-refractivity contribution in [3.8, 4) is 0 Å². The zero-order chi connectivity index (χ0) is 11.0. The molecule has 5 nitrogen and oxygen atoms in total. The normalized spacial score (nSPS) is 11.1. The minimum Gasteiger partial charge on any atom is -0.477 e. The number of carbonyl (C=O) groups is 1. The zero-order valence-corrected chi connectivity index (χ0v) is 8.51. The van der Waals surface area contributed by atoms with Crippen LogP contribution in [-0.4, -0.2) is 25.6 Å². The van der Waals surface area contributed by atoms with Gasteiger partial charge in [0.25, 0.3) is 0 Å². The molecule has 2 heterocycles. The maximum Gasteiger partial charge on any atom is 0.354 e. The predicted molar refractivity (Wildman–Crippen MR) is 54.9 cm³/mol. The van der Waals surface area contributed by atoms with Crippen LogP contribution in [-0.2, 0) is 0 Å². The Bertz CT molecular complexity index is 516. The number of pyridine rings is 1. The molecule has 0 aliphatic rings. The minimum absolute atomic E-state index is 0.0245. The summed E-state index contributed by atoms with van der Waals surface area (Å²) in [5, 5.41) is 8.76. The van der Waals surface area contributed by atoms with Crippen LogP contribution in [0.1, 0.15) is 30.4 Å². The van der Waals surface area contributed by atoms with Gasteiger partial charge in [-0.2, -0.15) is 0 Å². The van der Waals surface area contributed by atoms with Crippen LogP contribution in [0, 0.1) is 0 Å². The fourth-order valence-corrected chi connectivity index (χ4v) is 1.45. The molecule has 0 radical (unpaired) electrons. The molecule has 2 aromatic rings. The van der Waals surface area contributed by atoms with Gasteiger partial charge in [-0.3, -0.25) is 0 Å². The summed E-state index contributed by atoms with van der Waals surface area (Å²) in [5.41, 5.74) is 1.54. The van der Waals surface area contributed by atoms with Gasteiger partial charge < -0.3 is 9.67 Å². The van der Waals surface area contributed by atoms with E-state index in [4.69, 9.17) is 5.11 Å². The van der Waals surface area contributed by atoms with Gasteiger partial charge in [0, 0.05) is 6.04 Å². The van der Waals surface area contributed by atoms with Crippen LogP contribution in [0.4, 0.5) is 0 Å². The average Bonchev–Trinajstić information content (AvgIpc) is 2.59. The Hall–Kier alpha value is -1.91. The molecule has 1 N–H and O–H groups in total. The number of imidazole rings is 1. The smallest absolute Gasteiger partial charge is 0.354 e. The summed E-state index contributed by atoms with van der Waals surface area (Å²) in [4.78, 5) is 18.7. The van der Waals surface area contributed by atoms with Crippen molar-refractivity contribution in [2.24, 2.45) is 0 Å². The van der Waals surface area contributed by atoms with E-state index in [1.54, 1.807) is 12.5 Å². The Morgan fingerprint density at radius 3 is 2.80 bits per heavy atom. The lowest BCUT2D eigenvalue weighted by Gasteiger charge is -2.06. The minimum atomic E-state index is -1.03. The summed E-state index contributed by atoms with van der Waals surface area (Å²) in [6.07, 6.45) is 3.24. The van der Waals surface area contributed by atoms with Crippen LogP contribution in [0.3, 0.4) is 0 Å². The molecule has 78 valence electrons. The number of fused-ring (bicyclic) bond motifs is 1. The van der Waals surface area contributed by atoms with Crippen molar-refractivity contribution in [3.63, 3.8) is 0 Å². The number of hydrogen-bond acceptors (Lipinski definition) is 3. The van der Waals surface area contributed by atoms with Crippen molar-refractivity contribution in [2.45, 2.75) is 19.9 Å². The molecule has 5 heteroatoms. The van der Waals surface area contributed by atoms with Gasteiger partial charge in [0.05, 0.1) is 23.6 Å². The molecule has 0 fully saturated rings. The highest BCUT2D eigenvalue weighted by Crippen LogP contribution is 2.16. The predicted octanol–water partition coefficient (Wildman–Crippen LogP) is 1.71. The van der Waals surface area contributed by atoms with Gasteiger partial charge in [-0.1, -0.05) is 0 Å². The Morgan fingerprint density at radius 2 is 2.20 bits per heavy atom. The largest absolute Gasteiger partial charge is 0.477 e. The standard InChI is InChI=1S/C10H11N3O2/c1-6(2)13-5-12-7-3-8(10(14)15)11-4-9(7)13/h3-6H,1-2H3,(H,14,15). The van der Waals surface area contributed by atoms with E-state index in [1.807, 2.05) is 18.4 Å². The first-order chi connectivity index (χ1) is 7.09. The van der Waals surface area contributed by atoms with E-state index in [9.17, 15) is 4.79 Å². The van der Waals surface area contributed by atoms with Gasteiger partial charge in [-0.25, -0.2) is 14.8 Å². The van der Waals surface area contributed by atoms with Gasteiger partial charge in [0.1, 0.15) is 5.69 Å². The fourth-order valence-electron chi connectivity index (χ4n) is 1.45. The van der Waals surface area contributed by atoms with E-state index >= 15 is 0 Å². The molecule has 0 atom stereocenters. The van der Waals surface area contributed by atoms with Crippen molar-refractivity contribution in [3.05, 3.63) is 24.3 Å². The highest BCUT2D eigenvalue weighted by molar-refractivity contribution is 5.89. The Balaban J connectivity index is 2.61. The molecule has 0 aliphatic heterocycles.